The van der Waals surface area contributed by atoms with Crippen LogP contribution in [0.2, 0.25) is 5.02 Å². The van der Waals surface area contributed by atoms with Crippen LogP contribution in [0.4, 0.5) is 5.69 Å². The van der Waals surface area contributed by atoms with E-state index in [1.807, 2.05) is 19.1 Å². The van der Waals surface area contributed by atoms with Crippen LogP contribution in [0.25, 0.3) is 0 Å². The van der Waals surface area contributed by atoms with Crippen LogP contribution in [0.15, 0.2) is 51.8 Å². The Morgan fingerprint density at radius 1 is 1.16 bits per heavy atom. The highest BCUT2D eigenvalue weighted by Gasteiger charge is 2.16. The van der Waals surface area contributed by atoms with Crippen LogP contribution in [-0.4, -0.2) is 8.42 Å². The van der Waals surface area contributed by atoms with Gasteiger partial charge in [0, 0.05) is 4.47 Å². The Hall–Kier alpha value is -1.04. The van der Waals surface area contributed by atoms with Gasteiger partial charge in [0.1, 0.15) is 0 Å². The Morgan fingerprint density at radius 2 is 1.84 bits per heavy atom. The third-order valence-corrected chi connectivity index (χ3v) is 5.17. The molecule has 0 aliphatic carbocycles. The van der Waals surface area contributed by atoms with E-state index in [9.17, 15) is 8.42 Å². The van der Waals surface area contributed by atoms with Crippen molar-refractivity contribution in [1.29, 1.82) is 0 Å². The van der Waals surface area contributed by atoms with E-state index >= 15 is 0 Å². The molecule has 6 heteroatoms. The molecule has 2 rings (SSSR count). The quantitative estimate of drug-likeness (QED) is 0.891. The van der Waals surface area contributed by atoms with E-state index in [4.69, 9.17) is 11.6 Å². The Bertz CT molecular complexity index is 716. The summed E-state index contributed by atoms with van der Waals surface area (Å²) < 4.78 is 27.6. The van der Waals surface area contributed by atoms with Crippen LogP contribution in [-0.2, 0) is 10.0 Å². The number of aryl methyl sites for hydroxylation is 1. The average molecular weight is 361 g/mol. The number of hydrogen-bond donors (Lipinski definition) is 1. The highest BCUT2D eigenvalue weighted by molar-refractivity contribution is 9.10. The highest BCUT2D eigenvalue weighted by atomic mass is 79.9. The molecule has 0 aliphatic heterocycles. The largest absolute Gasteiger partial charge is 0.279 e. The van der Waals surface area contributed by atoms with Gasteiger partial charge in [-0.3, -0.25) is 4.72 Å². The summed E-state index contributed by atoms with van der Waals surface area (Å²) in [6.07, 6.45) is 0. The molecule has 0 aromatic heterocycles. The van der Waals surface area contributed by atoms with Gasteiger partial charge < -0.3 is 0 Å². The lowest BCUT2D eigenvalue weighted by atomic mass is 10.2. The molecule has 0 unspecified atom stereocenters. The van der Waals surface area contributed by atoms with Crippen molar-refractivity contribution in [2.24, 2.45) is 0 Å². The average Bonchev–Trinajstić information content (AvgIpc) is 2.35. The number of halogens is 2. The normalized spacial score (nSPS) is 11.3. The van der Waals surface area contributed by atoms with Gasteiger partial charge in [-0.05, 0) is 52.7 Å². The van der Waals surface area contributed by atoms with E-state index < -0.39 is 10.0 Å². The summed E-state index contributed by atoms with van der Waals surface area (Å²) >= 11 is 9.07. The maximum Gasteiger partial charge on any atom is 0.261 e. The number of anilines is 1. The van der Waals surface area contributed by atoms with Gasteiger partial charge >= 0.3 is 0 Å². The maximum atomic E-state index is 12.2. The van der Waals surface area contributed by atoms with Crippen LogP contribution < -0.4 is 4.72 Å². The van der Waals surface area contributed by atoms with Gasteiger partial charge in [-0.15, -0.1) is 0 Å². The smallest absolute Gasteiger partial charge is 0.261 e. The molecular formula is C13H11BrClNO2S. The number of rotatable bonds is 3. The number of hydrogen-bond acceptors (Lipinski definition) is 2. The van der Waals surface area contributed by atoms with Crippen LogP contribution >= 0.6 is 27.5 Å². The van der Waals surface area contributed by atoms with Crippen molar-refractivity contribution in [2.45, 2.75) is 11.8 Å². The van der Waals surface area contributed by atoms with Crippen LogP contribution in [0, 0.1) is 6.92 Å². The van der Waals surface area contributed by atoms with Crippen molar-refractivity contribution < 1.29 is 8.42 Å². The second-order valence-electron chi connectivity index (χ2n) is 4.00. The molecule has 2 aromatic rings. The predicted octanol–water partition coefficient (Wildman–Crippen LogP) is 4.21. The maximum absolute atomic E-state index is 12.2. The van der Waals surface area contributed by atoms with Crippen molar-refractivity contribution in [3.05, 3.63) is 57.5 Å². The summed E-state index contributed by atoms with van der Waals surface area (Å²) in [6, 6.07) is 11.7. The zero-order chi connectivity index (χ0) is 14.0. The van der Waals surface area contributed by atoms with Gasteiger partial charge in [0.05, 0.1) is 15.6 Å². The molecule has 2 aromatic carbocycles. The third kappa shape index (κ3) is 3.29. The molecule has 1 N–H and O–H groups in total. The third-order valence-electron chi connectivity index (χ3n) is 2.59. The highest BCUT2D eigenvalue weighted by Crippen LogP contribution is 2.26. The summed E-state index contributed by atoms with van der Waals surface area (Å²) in [7, 11) is -3.61. The molecule has 0 atom stereocenters. The minimum atomic E-state index is -3.61. The van der Waals surface area contributed by atoms with E-state index in [0.717, 1.165) is 5.56 Å². The molecule has 0 fully saturated rings. The summed E-state index contributed by atoms with van der Waals surface area (Å²) in [5.74, 6) is 0. The van der Waals surface area contributed by atoms with Crippen molar-refractivity contribution in [2.75, 3.05) is 4.72 Å². The fraction of sp³-hybridized carbons (Fsp3) is 0.0769. The molecule has 0 heterocycles. The Kier molecular flexibility index (Phi) is 4.18. The topological polar surface area (TPSA) is 46.2 Å². The standard InChI is InChI=1S/C13H11BrClNO2S/c1-9-4-2-3-5-13(9)16-19(17,18)10-6-7-12(15)11(14)8-10/h2-8,16H,1H3. The monoisotopic (exact) mass is 359 g/mol. The Morgan fingerprint density at radius 3 is 2.47 bits per heavy atom. The molecule has 100 valence electrons. The summed E-state index contributed by atoms with van der Waals surface area (Å²) in [5, 5.41) is 0.467. The van der Waals surface area contributed by atoms with Gasteiger partial charge in [-0.2, -0.15) is 0 Å². The summed E-state index contributed by atoms with van der Waals surface area (Å²) in [4.78, 5) is 0.159. The Balaban J connectivity index is 2.38. The van der Waals surface area contributed by atoms with Gasteiger partial charge in [0.15, 0.2) is 0 Å². The van der Waals surface area contributed by atoms with Crippen LogP contribution in [0.1, 0.15) is 5.56 Å². The van der Waals surface area contributed by atoms with E-state index in [-0.39, 0.29) is 4.90 Å². The lowest BCUT2D eigenvalue weighted by molar-refractivity contribution is 0.601. The fourth-order valence-corrected chi connectivity index (χ4v) is 3.34. The molecular weight excluding hydrogens is 350 g/mol. The molecule has 0 saturated carbocycles. The van der Waals surface area contributed by atoms with Crippen molar-refractivity contribution in [1.82, 2.24) is 0 Å². The van der Waals surface area contributed by atoms with Gasteiger partial charge in [0.2, 0.25) is 0 Å². The lowest BCUT2D eigenvalue weighted by Gasteiger charge is -2.10. The first-order valence-corrected chi connectivity index (χ1v) is 8.09. The summed E-state index contributed by atoms with van der Waals surface area (Å²) in [6.45, 7) is 1.84. The molecule has 19 heavy (non-hydrogen) atoms. The zero-order valence-electron chi connectivity index (χ0n) is 10.0. The molecule has 0 aliphatic rings. The first kappa shape index (κ1) is 14.4. The van der Waals surface area contributed by atoms with Crippen molar-refractivity contribution in [3.63, 3.8) is 0 Å². The SMILES string of the molecule is Cc1ccccc1NS(=O)(=O)c1ccc(Cl)c(Br)c1. The van der Waals surface area contributed by atoms with Gasteiger partial charge in [-0.1, -0.05) is 29.8 Å². The van der Waals surface area contributed by atoms with Gasteiger partial charge in [0.25, 0.3) is 10.0 Å². The zero-order valence-corrected chi connectivity index (χ0v) is 13.2. The molecule has 0 saturated heterocycles. The summed E-state index contributed by atoms with van der Waals surface area (Å²) in [5.41, 5.74) is 1.42. The minimum Gasteiger partial charge on any atom is -0.279 e. The number of nitrogens with one attached hydrogen (secondary N) is 1. The number of sulfonamides is 1. The second-order valence-corrected chi connectivity index (χ2v) is 6.94. The predicted molar refractivity (Wildman–Crippen MR) is 81.1 cm³/mol. The van der Waals surface area contributed by atoms with Crippen LogP contribution in [0.3, 0.4) is 0 Å². The van der Waals surface area contributed by atoms with E-state index in [1.54, 1.807) is 12.1 Å². The van der Waals surface area contributed by atoms with E-state index in [2.05, 4.69) is 20.7 Å². The molecule has 0 bridgehead atoms. The van der Waals surface area contributed by atoms with E-state index in [1.165, 1.54) is 18.2 Å². The van der Waals surface area contributed by atoms with Crippen molar-refractivity contribution in [3.8, 4) is 0 Å². The van der Waals surface area contributed by atoms with Gasteiger partial charge in [-0.25, -0.2) is 8.42 Å². The molecule has 0 spiro atoms. The van der Waals surface area contributed by atoms with Crippen LogP contribution in [0.5, 0.6) is 0 Å². The van der Waals surface area contributed by atoms with E-state index in [0.29, 0.717) is 15.2 Å². The second kappa shape index (κ2) is 5.53. The molecule has 0 radical (unpaired) electrons. The first-order valence-electron chi connectivity index (χ1n) is 5.43. The van der Waals surface area contributed by atoms with Crippen molar-refractivity contribution >= 4 is 43.2 Å². The molecule has 0 amide bonds. The minimum absolute atomic E-state index is 0.159. The molecule has 3 nitrogen and oxygen atoms in total. The Labute approximate surface area is 125 Å². The lowest BCUT2D eigenvalue weighted by Crippen LogP contribution is -2.13. The number of para-hydroxylation sites is 1. The first-order chi connectivity index (χ1) is 8.90. The fourth-order valence-electron chi connectivity index (χ4n) is 1.54. The number of benzene rings is 2.